The number of hydrogen-bond acceptors (Lipinski definition) is 3. The molecule has 190 valence electrons. The molecule has 0 amide bonds. The van der Waals surface area contributed by atoms with E-state index in [1.54, 1.807) is 23.8 Å². The van der Waals surface area contributed by atoms with Gasteiger partial charge in [0.05, 0.1) is 35.9 Å². The van der Waals surface area contributed by atoms with Gasteiger partial charge in [-0.15, -0.1) is 0 Å². The highest BCUT2D eigenvalue weighted by atomic mass is 19.2. The van der Waals surface area contributed by atoms with Crippen molar-refractivity contribution < 1.29 is 32.0 Å². The zero-order chi connectivity index (χ0) is 26.3. The van der Waals surface area contributed by atoms with Gasteiger partial charge in [0.1, 0.15) is 11.4 Å². The number of para-hydroxylation sites is 2. The highest BCUT2D eigenvalue weighted by molar-refractivity contribution is 6.18. The lowest BCUT2D eigenvalue weighted by Gasteiger charge is -2.30. The number of nitrogens with zero attached hydrogens (tertiary/aromatic N) is 3. The summed E-state index contributed by atoms with van der Waals surface area (Å²) >= 11 is 0. The first kappa shape index (κ1) is 23.1. The minimum Gasteiger partial charge on any atom is -0.392 e. The average Bonchev–Trinajstić information content (AvgIpc) is 3.46. The number of aromatic nitrogens is 3. The number of ether oxygens (including phenoxy) is 1. The number of rotatable bonds is 4. The molecule has 9 heteroatoms. The zero-order valence-electron chi connectivity index (χ0n) is 20.1. The quantitative estimate of drug-likeness (QED) is 0.109. The monoisotopic (exact) mass is 518 g/mol. The minimum absolute atomic E-state index is 0.166. The summed E-state index contributed by atoms with van der Waals surface area (Å²) in [5, 5.41) is 11.9. The zero-order valence-corrected chi connectivity index (χ0v) is 20.1. The van der Waals surface area contributed by atoms with E-state index in [1.165, 1.54) is 6.33 Å². The van der Waals surface area contributed by atoms with Crippen LogP contribution in [0.5, 0.6) is 0 Å². The number of benzene rings is 3. The topological polar surface area (TPSA) is 50.6 Å². The van der Waals surface area contributed by atoms with Crippen molar-refractivity contribution >= 4 is 38.1 Å². The first-order chi connectivity index (χ1) is 18.5. The van der Waals surface area contributed by atoms with Crippen molar-refractivity contribution in [3.63, 3.8) is 0 Å². The van der Waals surface area contributed by atoms with E-state index in [-0.39, 0.29) is 24.8 Å². The van der Waals surface area contributed by atoms with Gasteiger partial charge in [-0.25, -0.2) is 17.7 Å². The van der Waals surface area contributed by atoms with Crippen LogP contribution in [-0.4, -0.2) is 34.8 Å². The fourth-order valence-corrected chi connectivity index (χ4v) is 6.21. The molecule has 0 radical (unpaired) electrons. The molecule has 1 N–H and O–H groups in total. The maximum Gasteiger partial charge on any atom is 0.288 e. The van der Waals surface area contributed by atoms with Crippen LogP contribution in [0.15, 0.2) is 60.9 Å². The van der Waals surface area contributed by atoms with Crippen LogP contribution in [0.2, 0.25) is 0 Å². The molecular weight excluding hydrogens is 498 g/mol. The van der Waals surface area contributed by atoms with Crippen LogP contribution >= 0.6 is 0 Å². The van der Waals surface area contributed by atoms with E-state index in [4.69, 9.17) is 4.74 Å². The first-order valence-corrected chi connectivity index (χ1v) is 12.1. The second-order valence-corrected chi connectivity index (χ2v) is 9.46. The van der Waals surface area contributed by atoms with Crippen molar-refractivity contribution in [2.45, 2.75) is 12.0 Å². The molecule has 0 aliphatic carbocycles. The number of halogens is 4. The molecule has 3 aromatic carbocycles. The molecule has 7 rings (SSSR count). The lowest BCUT2D eigenvalue weighted by Crippen LogP contribution is -2.48. The maximum atomic E-state index is 15.6. The molecule has 3 aromatic heterocycles. The molecule has 0 fully saturated rings. The number of hydrogen-bond donors (Lipinski definition) is 1. The third-order valence-electron chi connectivity index (χ3n) is 7.63. The van der Waals surface area contributed by atoms with Gasteiger partial charge in [-0.3, -0.25) is 0 Å². The lowest BCUT2D eigenvalue weighted by atomic mass is 9.84. The summed E-state index contributed by atoms with van der Waals surface area (Å²) in [5.74, 6) is -7.19. The number of allylic oxidation sites excluding steroid dienone is 1. The molecule has 38 heavy (non-hydrogen) atoms. The largest absolute Gasteiger partial charge is 0.392 e. The van der Waals surface area contributed by atoms with E-state index in [0.717, 1.165) is 32.8 Å². The highest BCUT2D eigenvalue weighted by Gasteiger charge is 2.44. The summed E-state index contributed by atoms with van der Waals surface area (Å²) in [7, 11) is 1.57. The summed E-state index contributed by atoms with van der Waals surface area (Å²) in [5.41, 5.74) is 2.62. The van der Waals surface area contributed by atoms with Crippen LogP contribution in [0.3, 0.4) is 0 Å². The number of aliphatic hydroxyl groups is 1. The van der Waals surface area contributed by atoms with E-state index < -0.39 is 40.2 Å². The molecule has 6 aromatic rings. The number of fused-ring (bicyclic) bond motifs is 10. The van der Waals surface area contributed by atoms with Crippen LogP contribution in [0.25, 0.3) is 49.5 Å². The van der Waals surface area contributed by atoms with Gasteiger partial charge in [-0.2, -0.15) is 4.39 Å². The first-order valence-electron chi connectivity index (χ1n) is 12.1. The van der Waals surface area contributed by atoms with Gasteiger partial charge < -0.3 is 14.2 Å². The molecular formula is C29H20F4N3O2+. The van der Waals surface area contributed by atoms with Crippen molar-refractivity contribution in [3.05, 3.63) is 89.8 Å². The van der Waals surface area contributed by atoms with Gasteiger partial charge in [-0.05, 0) is 22.7 Å². The fourth-order valence-electron chi connectivity index (χ4n) is 6.21. The Morgan fingerprint density at radius 3 is 2.50 bits per heavy atom. The molecule has 4 heterocycles. The standard InChI is InChI=1S/C29H20F4N3O2/c1-38-12-17-18(10-5-11-37)35-13-34-26-21(22(30)23(31)24(32)25(26)33)28(35)29-20(17)16-8-4-7-15-14-6-2-3-9-19(14)36(29)27(15)16/h2-10,13,17-18,37H,11-12H2,1H3/q+1/b10-5+. The van der Waals surface area contributed by atoms with E-state index in [1.807, 2.05) is 46.9 Å². The van der Waals surface area contributed by atoms with Crippen LogP contribution in [0.4, 0.5) is 17.6 Å². The molecule has 1 aliphatic rings. The Bertz CT molecular complexity index is 1950. The van der Waals surface area contributed by atoms with Crippen molar-refractivity contribution in [3.8, 4) is 11.4 Å². The predicted molar refractivity (Wildman–Crippen MR) is 134 cm³/mol. The van der Waals surface area contributed by atoms with Crippen LogP contribution in [0, 0.1) is 23.3 Å². The van der Waals surface area contributed by atoms with Gasteiger partial charge in [0, 0.05) is 23.3 Å². The Morgan fingerprint density at radius 1 is 0.974 bits per heavy atom. The molecule has 0 spiro atoms. The Labute approximate surface area is 213 Å². The van der Waals surface area contributed by atoms with Crippen molar-refractivity contribution in [1.82, 2.24) is 9.38 Å². The van der Waals surface area contributed by atoms with Gasteiger partial charge in [0.25, 0.3) is 6.33 Å². The molecule has 5 nitrogen and oxygen atoms in total. The third kappa shape index (κ3) is 2.77. The predicted octanol–water partition coefficient (Wildman–Crippen LogP) is 5.58. The van der Waals surface area contributed by atoms with E-state index in [0.29, 0.717) is 5.69 Å². The van der Waals surface area contributed by atoms with Crippen LogP contribution in [0.1, 0.15) is 17.5 Å². The number of aliphatic hydroxyl groups excluding tert-OH is 1. The lowest BCUT2D eigenvalue weighted by molar-refractivity contribution is -0.709. The molecule has 1 aliphatic heterocycles. The average molecular weight is 518 g/mol. The van der Waals surface area contributed by atoms with E-state index in [2.05, 4.69) is 4.98 Å². The second-order valence-electron chi connectivity index (χ2n) is 9.46. The smallest absolute Gasteiger partial charge is 0.288 e. The summed E-state index contributed by atoms with van der Waals surface area (Å²) < 4.78 is 68.8. The van der Waals surface area contributed by atoms with Gasteiger partial charge >= 0.3 is 0 Å². The summed E-state index contributed by atoms with van der Waals surface area (Å²) in [4.78, 5) is 4.04. The molecule has 0 bridgehead atoms. The van der Waals surface area contributed by atoms with Crippen molar-refractivity contribution in [1.29, 1.82) is 0 Å². The Kier molecular flexibility index (Phi) is 4.98. The molecule has 2 atom stereocenters. The van der Waals surface area contributed by atoms with E-state index in [9.17, 15) is 18.3 Å². The maximum absolute atomic E-state index is 15.6. The van der Waals surface area contributed by atoms with Crippen molar-refractivity contribution in [2.75, 3.05) is 20.3 Å². The SMILES string of the molecule is COCC1c2c(n3c4ccccc4c4cccc2c43)-c2c3c(F)c(F)c(F)c(F)c3nc[n+]2C1/C=C/CO. The van der Waals surface area contributed by atoms with Gasteiger partial charge in [0.2, 0.25) is 17.2 Å². The van der Waals surface area contributed by atoms with E-state index >= 15 is 4.39 Å². The Morgan fingerprint density at radius 2 is 1.71 bits per heavy atom. The Balaban J connectivity index is 1.77. The summed E-state index contributed by atoms with van der Waals surface area (Å²) in [6, 6.07) is 13.1. The van der Waals surface area contributed by atoms with Crippen LogP contribution in [-0.2, 0) is 4.74 Å². The Hall–Kier alpha value is -4.08. The van der Waals surface area contributed by atoms with Crippen LogP contribution < -0.4 is 4.57 Å². The normalized spacial score (nSPS) is 17.4. The number of methoxy groups -OCH3 is 1. The third-order valence-corrected chi connectivity index (χ3v) is 7.63. The summed E-state index contributed by atoms with van der Waals surface area (Å²) in [6.07, 6.45) is 4.60. The van der Waals surface area contributed by atoms with Crippen molar-refractivity contribution in [2.24, 2.45) is 0 Å². The molecule has 2 unspecified atom stereocenters. The van der Waals surface area contributed by atoms with Gasteiger partial charge in [-0.1, -0.05) is 42.5 Å². The summed E-state index contributed by atoms with van der Waals surface area (Å²) in [6.45, 7) is 0.0135. The highest BCUT2D eigenvalue weighted by Crippen LogP contribution is 2.50. The molecule has 0 saturated heterocycles. The van der Waals surface area contributed by atoms with Gasteiger partial charge in [0.15, 0.2) is 17.3 Å². The minimum atomic E-state index is -1.91. The fraction of sp³-hybridized carbons (Fsp3) is 0.172. The molecule has 0 saturated carbocycles. The second kappa shape index (κ2) is 8.21.